The molecule has 3 nitrogen and oxygen atoms in total. The van der Waals surface area contributed by atoms with Gasteiger partial charge in [-0.05, 0) is 25.5 Å². The van der Waals surface area contributed by atoms with Gasteiger partial charge >= 0.3 is 0 Å². The zero-order valence-corrected chi connectivity index (χ0v) is 8.93. The van der Waals surface area contributed by atoms with Crippen molar-refractivity contribution in [2.24, 2.45) is 7.05 Å². The number of hydrogen-bond donors (Lipinski definition) is 2. The van der Waals surface area contributed by atoms with Crippen molar-refractivity contribution in [1.29, 1.82) is 0 Å². The van der Waals surface area contributed by atoms with Crippen molar-refractivity contribution in [3.05, 3.63) is 23.5 Å². The van der Waals surface area contributed by atoms with Crippen molar-refractivity contribution in [2.45, 2.75) is 26.3 Å². The van der Waals surface area contributed by atoms with Gasteiger partial charge in [0.25, 0.3) is 0 Å². The van der Waals surface area contributed by atoms with Crippen LogP contribution >= 0.6 is 0 Å². The van der Waals surface area contributed by atoms with Crippen molar-refractivity contribution in [2.75, 3.05) is 6.54 Å². The third kappa shape index (κ3) is 1.81. The van der Waals surface area contributed by atoms with Crippen LogP contribution in [0, 0.1) is 6.92 Å². The number of hydrogen-bond acceptors (Lipinski definition) is 1. The molecule has 2 rings (SSSR count). The monoisotopic (exact) mass is 192 g/mol. The molecule has 0 aliphatic carbocycles. The van der Waals surface area contributed by atoms with Gasteiger partial charge in [-0.3, -0.25) is 10.3 Å². The zero-order chi connectivity index (χ0) is 9.97. The number of rotatable bonds is 2. The van der Waals surface area contributed by atoms with E-state index in [-0.39, 0.29) is 0 Å². The fraction of sp³-hybridized carbons (Fsp3) is 0.545. The Balaban J connectivity index is 1.94. The standard InChI is InChI=1S/C11H17N3/c1-9-5-6-10(14(9)2)8-13-11-4-3-7-12-11/h5-6H,3-4,7-8H2,1-2H3,(H,12,13)/p+1. The van der Waals surface area contributed by atoms with E-state index >= 15 is 0 Å². The van der Waals surface area contributed by atoms with Crippen LogP contribution in [0.4, 0.5) is 0 Å². The Labute approximate surface area is 84.8 Å². The smallest absolute Gasteiger partial charge is 0.242 e. The topological polar surface area (TPSA) is 30.9 Å². The lowest BCUT2D eigenvalue weighted by atomic mass is 10.3. The van der Waals surface area contributed by atoms with E-state index in [9.17, 15) is 0 Å². The molecule has 1 aromatic rings. The van der Waals surface area contributed by atoms with E-state index in [1.165, 1.54) is 30.1 Å². The summed E-state index contributed by atoms with van der Waals surface area (Å²) in [4.78, 5) is 3.35. The minimum absolute atomic E-state index is 0.923. The lowest BCUT2D eigenvalue weighted by molar-refractivity contribution is -0.449. The quantitative estimate of drug-likeness (QED) is 0.662. The van der Waals surface area contributed by atoms with E-state index in [1.54, 1.807) is 0 Å². The molecule has 76 valence electrons. The number of nitrogens with zero attached hydrogens (tertiary/aromatic N) is 1. The molecule has 3 heteroatoms. The van der Waals surface area contributed by atoms with Crippen LogP contribution in [0.2, 0.25) is 0 Å². The van der Waals surface area contributed by atoms with Gasteiger partial charge in [0.15, 0.2) is 0 Å². The summed E-state index contributed by atoms with van der Waals surface area (Å²) >= 11 is 0. The molecule has 0 spiro atoms. The van der Waals surface area contributed by atoms with Crippen LogP contribution in [-0.4, -0.2) is 16.9 Å². The van der Waals surface area contributed by atoms with Crippen LogP contribution in [0.25, 0.3) is 0 Å². The van der Waals surface area contributed by atoms with Crippen molar-refractivity contribution in [3.8, 4) is 0 Å². The van der Waals surface area contributed by atoms with Gasteiger partial charge in [-0.25, -0.2) is 0 Å². The van der Waals surface area contributed by atoms with Gasteiger partial charge in [0.2, 0.25) is 5.84 Å². The minimum Gasteiger partial charge on any atom is -0.349 e. The molecule has 1 aliphatic rings. The van der Waals surface area contributed by atoms with Crippen LogP contribution in [0.15, 0.2) is 12.1 Å². The van der Waals surface area contributed by atoms with E-state index < -0.39 is 0 Å². The molecule has 0 radical (unpaired) electrons. The molecule has 0 saturated heterocycles. The first-order chi connectivity index (χ1) is 6.77. The molecule has 0 saturated carbocycles. The summed E-state index contributed by atoms with van der Waals surface area (Å²) in [7, 11) is 2.11. The Morgan fingerprint density at radius 2 is 2.36 bits per heavy atom. The second kappa shape index (κ2) is 3.86. The molecular formula is C11H18N3+. The normalized spacial score (nSPS) is 15.7. The van der Waals surface area contributed by atoms with Crippen molar-refractivity contribution < 1.29 is 4.99 Å². The molecule has 0 atom stereocenters. The molecule has 1 aromatic heterocycles. The van der Waals surface area contributed by atoms with Gasteiger partial charge in [-0.1, -0.05) is 0 Å². The summed E-state index contributed by atoms with van der Waals surface area (Å²) < 4.78 is 2.22. The Morgan fingerprint density at radius 1 is 1.50 bits per heavy atom. The summed E-state index contributed by atoms with van der Waals surface area (Å²) in [6.07, 6.45) is 2.43. The van der Waals surface area contributed by atoms with Gasteiger partial charge in [0.1, 0.15) is 6.54 Å². The van der Waals surface area contributed by atoms with Crippen LogP contribution in [0.5, 0.6) is 0 Å². The molecule has 0 fully saturated rings. The first-order valence-corrected chi connectivity index (χ1v) is 5.22. The second-order valence-corrected chi connectivity index (χ2v) is 3.89. The second-order valence-electron chi connectivity index (χ2n) is 3.89. The summed E-state index contributed by atoms with van der Waals surface area (Å²) in [6, 6.07) is 4.33. The third-order valence-corrected chi connectivity index (χ3v) is 2.90. The highest BCUT2D eigenvalue weighted by Crippen LogP contribution is 2.05. The van der Waals surface area contributed by atoms with Crippen molar-refractivity contribution >= 4 is 5.84 Å². The van der Waals surface area contributed by atoms with E-state index in [0.29, 0.717) is 0 Å². The maximum absolute atomic E-state index is 3.44. The molecule has 2 heterocycles. The summed E-state index contributed by atoms with van der Waals surface area (Å²) in [5.74, 6) is 1.30. The van der Waals surface area contributed by atoms with E-state index in [1.807, 2.05) is 0 Å². The van der Waals surface area contributed by atoms with E-state index in [0.717, 1.165) is 13.1 Å². The first kappa shape index (κ1) is 9.31. The van der Waals surface area contributed by atoms with Crippen LogP contribution < -0.4 is 10.3 Å². The number of nitrogens with one attached hydrogen (secondary N) is 2. The molecule has 2 N–H and O–H groups in total. The van der Waals surface area contributed by atoms with Gasteiger partial charge in [0.05, 0.1) is 18.7 Å². The lowest BCUT2D eigenvalue weighted by Crippen LogP contribution is -2.72. The van der Waals surface area contributed by atoms with Gasteiger partial charge in [-0.2, -0.15) is 0 Å². The van der Waals surface area contributed by atoms with Crippen LogP contribution in [0.3, 0.4) is 0 Å². The van der Waals surface area contributed by atoms with Crippen molar-refractivity contribution in [1.82, 2.24) is 9.88 Å². The number of aryl methyl sites for hydroxylation is 1. The average molecular weight is 192 g/mol. The number of amidine groups is 1. The van der Waals surface area contributed by atoms with Gasteiger partial charge in [-0.15, -0.1) is 0 Å². The molecule has 0 amide bonds. The predicted octanol–water partition coefficient (Wildman–Crippen LogP) is -0.304. The van der Waals surface area contributed by atoms with Crippen LogP contribution in [-0.2, 0) is 13.6 Å². The maximum Gasteiger partial charge on any atom is 0.242 e. The fourth-order valence-electron chi connectivity index (χ4n) is 1.79. The first-order valence-electron chi connectivity index (χ1n) is 5.22. The van der Waals surface area contributed by atoms with Gasteiger partial charge < -0.3 is 4.57 Å². The van der Waals surface area contributed by atoms with E-state index in [2.05, 4.69) is 41.0 Å². The largest absolute Gasteiger partial charge is 0.349 e. The molecule has 0 bridgehead atoms. The van der Waals surface area contributed by atoms with E-state index in [4.69, 9.17) is 0 Å². The molecule has 1 aliphatic heterocycles. The fourth-order valence-corrected chi connectivity index (χ4v) is 1.79. The Kier molecular flexibility index (Phi) is 2.57. The molecule has 14 heavy (non-hydrogen) atoms. The zero-order valence-electron chi connectivity index (χ0n) is 8.93. The Bertz CT molecular complexity index is 349. The third-order valence-electron chi connectivity index (χ3n) is 2.90. The van der Waals surface area contributed by atoms with Crippen molar-refractivity contribution in [3.63, 3.8) is 0 Å². The molecule has 0 unspecified atom stereocenters. The summed E-state index contributed by atoms with van der Waals surface area (Å²) in [6.45, 7) is 4.17. The average Bonchev–Trinajstić information content (AvgIpc) is 2.77. The minimum atomic E-state index is 0.923. The highest BCUT2D eigenvalue weighted by Gasteiger charge is 2.12. The highest BCUT2D eigenvalue weighted by molar-refractivity contribution is 5.77. The Hall–Kier alpha value is -1.25. The highest BCUT2D eigenvalue weighted by atomic mass is 15.0. The SMILES string of the molecule is Cc1ccc(CNC2=[NH+]CCC2)n1C. The predicted molar refractivity (Wildman–Crippen MR) is 57.1 cm³/mol. The summed E-state index contributed by atoms with van der Waals surface area (Å²) in [5.41, 5.74) is 2.65. The van der Waals surface area contributed by atoms with Gasteiger partial charge in [0, 0.05) is 12.7 Å². The lowest BCUT2D eigenvalue weighted by Gasteiger charge is -2.03. The maximum atomic E-state index is 3.44. The van der Waals surface area contributed by atoms with Crippen LogP contribution in [0.1, 0.15) is 24.2 Å². The summed E-state index contributed by atoms with van der Waals surface area (Å²) in [5, 5.41) is 3.44. The Morgan fingerprint density at radius 3 is 2.93 bits per heavy atom. The number of aromatic nitrogens is 1. The molecular weight excluding hydrogens is 174 g/mol. The molecule has 0 aromatic carbocycles.